The summed E-state index contributed by atoms with van der Waals surface area (Å²) in [6.07, 6.45) is 2.68. The molecule has 0 unspecified atom stereocenters. The predicted octanol–water partition coefficient (Wildman–Crippen LogP) is 4.68. The van der Waals surface area contributed by atoms with E-state index in [-0.39, 0.29) is 140 Å². The molecular weight excluding hydrogens is 1100 g/mol. The van der Waals surface area contributed by atoms with Crippen LogP contribution in [0.2, 0.25) is 0 Å². The number of ether oxygens (including phenoxy) is 5. The number of ketones is 2. The van der Waals surface area contributed by atoms with E-state index in [0.29, 0.717) is 19.5 Å². The Morgan fingerprint density at radius 3 is 1.09 bits per heavy atom. The Morgan fingerprint density at radius 1 is 0.535 bits per heavy atom. The molecule has 0 bridgehead atoms. The molecule has 0 aromatic heterocycles. The summed E-state index contributed by atoms with van der Waals surface area (Å²) in [5.74, 6) is -4.12. The molecule has 0 radical (unpaired) electrons. The summed E-state index contributed by atoms with van der Waals surface area (Å²) in [6.45, 7) is 28.0. The maximum absolute atomic E-state index is 14.0. The number of likely N-dealkylation sites (tertiary alicyclic amines) is 2. The van der Waals surface area contributed by atoms with Gasteiger partial charge in [0.15, 0.2) is 11.6 Å². The van der Waals surface area contributed by atoms with Crippen molar-refractivity contribution < 1.29 is 91.5 Å². The third kappa shape index (κ3) is 22.5. The number of hydrogen-bond acceptors (Lipinski definition) is 16. The van der Waals surface area contributed by atoms with Gasteiger partial charge in [-0.15, -0.1) is 0 Å². The van der Waals surface area contributed by atoms with Crippen molar-refractivity contribution >= 4 is 47.1 Å². The van der Waals surface area contributed by atoms with Crippen molar-refractivity contribution in [2.75, 3.05) is 90.9 Å². The van der Waals surface area contributed by atoms with Crippen molar-refractivity contribution in [3.63, 3.8) is 0 Å². The quantitative estimate of drug-likeness (QED) is 0.0678. The number of amides is 4. The molecule has 14 atom stereocenters. The van der Waals surface area contributed by atoms with Crippen LogP contribution in [0.5, 0.6) is 0 Å². The van der Waals surface area contributed by atoms with E-state index in [1.807, 2.05) is 107 Å². The van der Waals surface area contributed by atoms with E-state index in [9.17, 15) is 43.5 Å². The van der Waals surface area contributed by atoms with E-state index in [1.165, 1.54) is 14.2 Å². The Hall–Kier alpha value is -3.52. The number of esters is 1. The van der Waals surface area contributed by atoms with E-state index < -0.39 is 71.2 Å². The molecule has 2 fully saturated rings. The van der Waals surface area contributed by atoms with Gasteiger partial charge in [-0.1, -0.05) is 75.7 Å². The number of carbonyl (C=O) groups excluding carboxylic acids is 7. The van der Waals surface area contributed by atoms with Crippen molar-refractivity contribution in [1.82, 2.24) is 29.4 Å². The number of Topliss-reactive ketones (excluding diaryl/α,β-unsaturated/α-hetero) is 2. The molecule has 0 aromatic carbocycles. The zero-order valence-electron chi connectivity index (χ0n) is 57.6. The van der Waals surface area contributed by atoms with Gasteiger partial charge in [0.1, 0.15) is 0 Å². The first-order chi connectivity index (χ1) is 38.5. The average Bonchev–Trinajstić information content (AvgIpc) is 1.72. The van der Waals surface area contributed by atoms with Gasteiger partial charge in [-0.3, -0.25) is 48.2 Å². The van der Waals surface area contributed by atoms with Gasteiger partial charge < -0.3 is 53.9 Å². The van der Waals surface area contributed by atoms with Crippen molar-refractivity contribution in [2.24, 2.45) is 47.3 Å². The zero-order chi connectivity index (χ0) is 64.3. The second-order valence-electron chi connectivity index (χ2n) is 25.9. The monoisotopic (exact) mass is 1220 g/mol. The number of methoxy groups -OCH3 is 5. The maximum atomic E-state index is 14.0. The minimum atomic E-state index is -0.963. The van der Waals surface area contributed by atoms with E-state index in [1.54, 1.807) is 68.9 Å². The molecule has 22 heteroatoms. The number of carboxylic acid groups (broad SMARTS) is 1. The van der Waals surface area contributed by atoms with Crippen LogP contribution in [-0.2, 0) is 62.0 Å². The number of hydrogen-bond donors (Lipinski definition) is 1. The van der Waals surface area contributed by atoms with Crippen molar-refractivity contribution in [3.8, 4) is 0 Å². The summed E-state index contributed by atoms with van der Waals surface area (Å²) in [5, 5.41) is 9.57. The first-order valence-corrected chi connectivity index (χ1v) is 30.4. The molecule has 86 heavy (non-hydrogen) atoms. The van der Waals surface area contributed by atoms with Gasteiger partial charge >= 0.3 is 30.8 Å². The zero-order valence-corrected chi connectivity index (χ0v) is 57.6. The summed E-state index contributed by atoms with van der Waals surface area (Å²) in [5.41, 5.74) is -1.39. The van der Waals surface area contributed by atoms with Crippen LogP contribution in [0.1, 0.15) is 169 Å². The fourth-order valence-corrected chi connectivity index (χ4v) is 11.9. The Balaban J connectivity index is -0.00000155. The summed E-state index contributed by atoms with van der Waals surface area (Å²) < 4.78 is 28.1. The standard InChI is InChI=1S/C32H59N3O7.C31H57N3O7.CH4.Li.H2O/c1-14-21(4)28(34(10)30(38)23(20(2)3)18-26(36)32(6,7)33(8)9)25(40-11)19-27(37)35-17-15-16-24(35)29(41-12)22(5)31(39)42-13;1-13-20(4)27(33(10)29(37)22(19(2)3)17-25(35)31(6,7)32(8)9)24(40-11)18-26(36)34-16-14-15-23(34)28(41-12)21(5)30(38)39;;;/h20-25,28-29H,14-19H2,1-13H3;19-24,27-28H,13-18H2,1-12H3,(H,38,39);1H4;;1H2/q;;;+1;/p-1/t21-,22+,23-,24-,25+,28-,29+;20-,21+,22-,23-,24+,27-,28+;;;/m00.../s1. The second-order valence-corrected chi connectivity index (χ2v) is 25.9. The molecule has 4 amide bonds. The molecule has 0 spiro atoms. The molecule has 2 aliphatic heterocycles. The number of nitrogens with zero attached hydrogens (tertiary/aromatic N) is 6. The first-order valence-electron chi connectivity index (χ1n) is 30.4. The molecule has 0 aliphatic carbocycles. The van der Waals surface area contributed by atoms with Gasteiger partial charge in [-0.25, -0.2) is 0 Å². The third-order valence-corrected chi connectivity index (χ3v) is 19.3. The Morgan fingerprint density at radius 2 is 0.849 bits per heavy atom. The van der Waals surface area contributed by atoms with Gasteiger partial charge in [0.25, 0.3) is 0 Å². The van der Waals surface area contributed by atoms with E-state index >= 15 is 0 Å². The third-order valence-electron chi connectivity index (χ3n) is 19.3. The summed E-state index contributed by atoms with van der Waals surface area (Å²) >= 11 is 0. The predicted molar refractivity (Wildman–Crippen MR) is 332 cm³/mol. The first kappa shape index (κ1) is 86.7. The smallest absolute Gasteiger partial charge is 0.870 e. The van der Waals surface area contributed by atoms with Crippen LogP contribution in [0.25, 0.3) is 0 Å². The van der Waals surface area contributed by atoms with Gasteiger partial charge in [0.05, 0.1) is 91.4 Å². The van der Waals surface area contributed by atoms with Gasteiger partial charge in [-0.2, -0.15) is 0 Å². The maximum Gasteiger partial charge on any atom is 1.00 e. The molecule has 21 nitrogen and oxygen atoms in total. The van der Waals surface area contributed by atoms with Gasteiger partial charge in [0, 0.05) is 80.3 Å². The molecular formula is C64H121LiN6O15. The van der Waals surface area contributed by atoms with Crippen LogP contribution in [-0.4, -0.2) is 238 Å². The van der Waals surface area contributed by atoms with E-state index in [4.69, 9.17) is 23.7 Å². The van der Waals surface area contributed by atoms with Crippen LogP contribution >= 0.6 is 0 Å². The normalized spacial score (nSPS) is 19.6. The minimum Gasteiger partial charge on any atom is -0.870 e. The number of likely N-dealkylation sites (N-methyl/N-ethyl adjacent to an activating group) is 4. The molecule has 2 aliphatic rings. The van der Waals surface area contributed by atoms with Crippen LogP contribution in [0.4, 0.5) is 0 Å². The molecule has 2 heterocycles. The fourth-order valence-electron chi connectivity index (χ4n) is 11.9. The Bertz CT molecular complexity index is 2090. The van der Waals surface area contributed by atoms with Crippen molar-refractivity contribution in [2.45, 2.75) is 228 Å². The Labute approximate surface area is 532 Å². The average molecular weight is 1220 g/mol. The van der Waals surface area contributed by atoms with Crippen LogP contribution in [0.3, 0.4) is 0 Å². The van der Waals surface area contributed by atoms with E-state index in [0.717, 1.165) is 32.1 Å². The number of rotatable bonds is 34. The minimum absolute atomic E-state index is 0. The van der Waals surface area contributed by atoms with Gasteiger partial charge in [0.2, 0.25) is 23.6 Å². The molecule has 2 rings (SSSR count). The molecule has 0 aromatic rings. The number of aliphatic carboxylic acids is 1. The summed E-state index contributed by atoms with van der Waals surface area (Å²) in [7, 11) is 18.5. The molecule has 0 saturated carbocycles. The fraction of sp³-hybridized carbons (Fsp3) is 0.875. The van der Waals surface area contributed by atoms with Crippen LogP contribution in [0.15, 0.2) is 0 Å². The van der Waals surface area contributed by atoms with Crippen molar-refractivity contribution in [1.29, 1.82) is 0 Å². The summed E-state index contributed by atoms with van der Waals surface area (Å²) in [4.78, 5) is 117. The van der Waals surface area contributed by atoms with Crippen molar-refractivity contribution in [3.05, 3.63) is 0 Å². The van der Waals surface area contributed by atoms with Gasteiger partial charge in [-0.05, 0) is 119 Å². The van der Waals surface area contributed by atoms with E-state index in [2.05, 4.69) is 13.8 Å². The van der Waals surface area contributed by atoms with Crippen LogP contribution in [0, 0.1) is 47.3 Å². The Kier molecular flexibility index (Phi) is 39.9. The number of carboxylic acids is 1. The summed E-state index contributed by atoms with van der Waals surface area (Å²) in [6, 6.07) is -1.36. The SMILES string of the molecule is C.CC[C@H](C)[C@@H]([C@@H](CC(=O)N1CCC[C@H]1[C@H](OC)[C@@H](C)C(=O)O)OC)N(C)C(=O)[C@@H](CC(=O)C(C)(C)N(C)C)C(C)C.CC[C@H](C)[C@@H]([C@@H](CC(=O)N1CCC[C@H]1[C@H](OC)[C@@H](C)C(=O)OC)OC)N(C)C(=O)[C@@H](CC(=O)C(C)(C)N(C)C)C(C)C.[Li+].[OH-]. The second kappa shape index (κ2) is 39.6. The molecule has 498 valence electrons. The topological polar surface area (TPSA) is 252 Å². The molecule has 2 N–H and O–H groups in total. The number of carbonyl (C=O) groups is 8. The van der Waals surface area contributed by atoms with Crippen LogP contribution < -0.4 is 18.9 Å². The largest absolute Gasteiger partial charge is 1.00 e. The molecule has 2 saturated heterocycles.